The van der Waals surface area contributed by atoms with Crippen LogP contribution in [0.3, 0.4) is 0 Å². The number of rotatable bonds is 3. The van der Waals surface area contributed by atoms with Crippen molar-refractivity contribution in [3.05, 3.63) is 59.7 Å². The molecule has 1 saturated heterocycles. The van der Waals surface area contributed by atoms with E-state index in [1.165, 1.54) is 6.07 Å². The molecular formula is C19H21FN4. The maximum absolute atomic E-state index is 13.9. The summed E-state index contributed by atoms with van der Waals surface area (Å²) in [5, 5.41) is 5.86. The summed E-state index contributed by atoms with van der Waals surface area (Å²) in [5.41, 5.74) is 2.82. The highest BCUT2D eigenvalue weighted by Gasteiger charge is 2.26. The smallest absolute Gasteiger partial charge is 0.157 e. The van der Waals surface area contributed by atoms with Crippen molar-refractivity contribution in [2.75, 3.05) is 13.1 Å². The summed E-state index contributed by atoms with van der Waals surface area (Å²) < 4.78 is 15.8. The van der Waals surface area contributed by atoms with Crippen LogP contribution in [-0.2, 0) is 13.6 Å². The standard InChI is InChI=1S/C19H21FN4/c1-23-19-16(8-4-10-21-19)18(22-23)15-7-5-11-24(13-15)12-14-6-2-3-9-17(14)20/h2-4,6,8-10,15H,5,7,11-13H2,1H3/t15-/m0/s1. The fourth-order valence-corrected chi connectivity index (χ4v) is 3.71. The zero-order chi connectivity index (χ0) is 16.5. The second kappa shape index (κ2) is 6.32. The van der Waals surface area contributed by atoms with Crippen LogP contribution in [-0.4, -0.2) is 32.8 Å². The lowest BCUT2D eigenvalue weighted by molar-refractivity contribution is 0.196. The van der Waals surface area contributed by atoms with Crippen molar-refractivity contribution in [1.82, 2.24) is 19.7 Å². The van der Waals surface area contributed by atoms with Crippen LogP contribution in [0.25, 0.3) is 11.0 Å². The molecule has 1 atom stereocenters. The van der Waals surface area contributed by atoms with Crippen molar-refractivity contribution >= 4 is 11.0 Å². The minimum atomic E-state index is -0.118. The lowest BCUT2D eigenvalue weighted by atomic mass is 9.93. The molecule has 5 heteroatoms. The number of aryl methyl sites for hydroxylation is 1. The predicted octanol–water partition coefficient (Wildman–Crippen LogP) is 3.49. The fraction of sp³-hybridized carbons (Fsp3) is 0.368. The number of benzene rings is 1. The van der Waals surface area contributed by atoms with Gasteiger partial charge in [0.2, 0.25) is 0 Å². The van der Waals surface area contributed by atoms with Crippen LogP contribution in [0.1, 0.15) is 30.0 Å². The number of aromatic nitrogens is 3. The lowest BCUT2D eigenvalue weighted by Gasteiger charge is -2.32. The first kappa shape index (κ1) is 15.3. The molecule has 3 heterocycles. The Hall–Kier alpha value is -2.27. The van der Waals surface area contributed by atoms with Crippen molar-refractivity contribution in [3.63, 3.8) is 0 Å². The van der Waals surface area contributed by atoms with E-state index in [1.54, 1.807) is 12.3 Å². The number of hydrogen-bond donors (Lipinski definition) is 0. The highest BCUT2D eigenvalue weighted by Crippen LogP contribution is 2.31. The van der Waals surface area contributed by atoms with Gasteiger partial charge in [0.25, 0.3) is 0 Å². The zero-order valence-electron chi connectivity index (χ0n) is 13.8. The van der Waals surface area contributed by atoms with Crippen LogP contribution in [0.4, 0.5) is 4.39 Å². The van der Waals surface area contributed by atoms with E-state index in [0.717, 1.165) is 48.2 Å². The molecule has 0 bridgehead atoms. The SMILES string of the molecule is Cn1nc([C@H]2CCCN(Cc3ccccc3F)C2)c2cccnc21. The van der Waals surface area contributed by atoms with E-state index in [2.05, 4.69) is 16.0 Å². The first-order chi connectivity index (χ1) is 11.7. The number of likely N-dealkylation sites (tertiary alicyclic amines) is 1. The first-order valence-corrected chi connectivity index (χ1v) is 8.46. The van der Waals surface area contributed by atoms with E-state index in [4.69, 9.17) is 5.10 Å². The largest absolute Gasteiger partial charge is 0.298 e. The molecule has 2 aromatic heterocycles. The molecule has 0 aliphatic carbocycles. The Labute approximate surface area is 140 Å². The summed E-state index contributed by atoms with van der Waals surface area (Å²) in [5.74, 6) is 0.255. The van der Waals surface area contributed by atoms with Crippen molar-refractivity contribution < 1.29 is 4.39 Å². The maximum atomic E-state index is 13.9. The van der Waals surface area contributed by atoms with Gasteiger partial charge in [-0.05, 0) is 37.6 Å². The molecule has 3 aromatic rings. The summed E-state index contributed by atoms with van der Waals surface area (Å²) in [7, 11) is 1.94. The molecule has 4 nitrogen and oxygen atoms in total. The molecule has 24 heavy (non-hydrogen) atoms. The summed E-state index contributed by atoms with van der Waals surface area (Å²) >= 11 is 0. The normalized spacial score (nSPS) is 19.0. The number of pyridine rings is 1. The number of nitrogens with zero attached hydrogens (tertiary/aromatic N) is 4. The topological polar surface area (TPSA) is 34.0 Å². The molecule has 0 saturated carbocycles. The van der Waals surface area contributed by atoms with E-state index < -0.39 is 0 Å². The van der Waals surface area contributed by atoms with E-state index in [9.17, 15) is 4.39 Å². The Morgan fingerprint density at radius 1 is 1.21 bits per heavy atom. The van der Waals surface area contributed by atoms with Gasteiger partial charge in [0.15, 0.2) is 5.65 Å². The van der Waals surface area contributed by atoms with Gasteiger partial charge in [-0.15, -0.1) is 0 Å². The highest BCUT2D eigenvalue weighted by atomic mass is 19.1. The molecule has 1 aromatic carbocycles. The third-order valence-corrected chi connectivity index (χ3v) is 4.87. The van der Waals surface area contributed by atoms with Gasteiger partial charge in [-0.3, -0.25) is 9.58 Å². The molecule has 1 aliphatic rings. The van der Waals surface area contributed by atoms with Crippen LogP contribution < -0.4 is 0 Å². The summed E-state index contributed by atoms with van der Waals surface area (Å²) in [6.45, 7) is 2.58. The van der Waals surface area contributed by atoms with E-state index in [0.29, 0.717) is 12.5 Å². The minimum absolute atomic E-state index is 0.118. The van der Waals surface area contributed by atoms with Crippen molar-refractivity contribution in [2.45, 2.75) is 25.3 Å². The van der Waals surface area contributed by atoms with E-state index in [1.807, 2.05) is 29.9 Å². The van der Waals surface area contributed by atoms with Gasteiger partial charge < -0.3 is 0 Å². The van der Waals surface area contributed by atoms with Gasteiger partial charge in [0.1, 0.15) is 5.82 Å². The third-order valence-electron chi connectivity index (χ3n) is 4.87. The van der Waals surface area contributed by atoms with E-state index in [-0.39, 0.29) is 5.82 Å². The molecular weight excluding hydrogens is 303 g/mol. The maximum Gasteiger partial charge on any atom is 0.157 e. The Balaban J connectivity index is 1.57. The quantitative estimate of drug-likeness (QED) is 0.739. The number of halogens is 1. The Morgan fingerprint density at radius 2 is 2.08 bits per heavy atom. The minimum Gasteiger partial charge on any atom is -0.298 e. The molecule has 1 fully saturated rings. The summed E-state index contributed by atoms with van der Waals surface area (Å²) in [6.07, 6.45) is 4.03. The van der Waals surface area contributed by atoms with E-state index >= 15 is 0 Å². The number of hydrogen-bond acceptors (Lipinski definition) is 3. The molecule has 124 valence electrons. The fourth-order valence-electron chi connectivity index (χ4n) is 3.71. The Kier molecular flexibility index (Phi) is 4.02. The molecule has 0 unspecified atom stereocenters. The van der Waals surface area contributed by atoms with Gasteiger partial charge in [0, 0.05) is 43.2 Å². The van der Waals surface area contributed by atoms with Crippen molar-refractivity contribution in [2.24, 2.45) is 7.05 Å². The zero-order valence-corrected chi connectivity index (χ0v) is 13.8. The van der Waals surface area contributed by atoms with Crippen LogP contribution >= 0.6 is 0 Å². The number of fused-ring (bicyclic) bond motifs is 1. The molecule has 0 N–H and O–H groups in total. The van der Waals surface area contributed by atoms with Gasteiger partial charge in [-0.25, -0.2) is 9.37 Å². The first-order valence-electron chi connectivity index (χ1n) is 8.46. The second-order valence-electron chi connectivity index (χ2n) is 6.55. The third kappa shape index (κ3) is 2.80. The Morgan fingerprint density at radius 3 is 2.96 bits per heavy atom. The van der Waals surface area contributed by atoms with Crippen LogP contribution in [0, 0.1) is 5.82 Å². The van der Waals surface area contributed by atoms with Gasteiger partial charge in [-0.1, -0.05) is 18.2 Å². The molecule has 1 aliphatic heterocycles. The van der Waals surface area contributed by atoms with Gasteiger partial charge >= 0.3 is 0 Å². The lowest BCUT2D eigenvalue weighted by Crippen LogP contribution is -2.34. The average Bonchev–Trinajstić information content (AvgIpc) is 2.95. The average molecular weight is 324 g/mol. The van der Waals surface area contributed by atoms with Crippen LogP contribution in [0.15, 0.2) is 42.6 Å². The van der Waals surface area contributed by atoms with Gasteiger partial charge in [-0.2, -0.15) is 5.10 Å². The molecule has 0 radical (unpaired) electrons. The number of piperidine rings is 1. The summed E-state index contributed by atoms with van der Waals surface area (Å²) in [4.78, 5) is 6.77. The van der Waals surface area contributed by atoms with Crippen molar-refractivity contribution in [1.29, 1.82) is 0 Å². The van der Waals surface area contributed by atoms with Crippen LogP contribution in [0.2, 0.25) is 0 Å². The van der Waals surface area contributed by atoms with Gasteiger partial charge in [0.05, 0.1) is 5.69 Å². The Bertz CT molecular complexity index is 857. The molecule has 0 spiro atoms. The second-order valence-corrected chi connectivity index (χ2v) is 6.55. The monoisotopic (exact) mass is 324 g/mol. The summed E-state index contributed by atoms with van der Waals surface area (Å²) in [6, 6.07) is 11.1. The molecule has 4 rings (SSSR count). The molecule has 0 amide bonds. The highest BCUT2D eigenvalue weighted by molar-refractivity contribution is 5.78. The van der Waals surface area contributed by atoms with Crippen LogP contribution in [0.5, 0.6) is 0 Å². The predicted molar refractivity (Wildman–Crippen MR) is 92.2 cm³/mol. The van der Waals surface area contributed by atoms with Crippen molar-refractivity contribution in [3.8, 4) is 0 Å².